The van der Waals surface area contributed by atoms with Gasteiger partial charge in [-0.3, -0.25) is 9.69 Å². The van der Waals surface area contributed by atoms with Crippen molar-refractivity contribution in [2.75, 3.05) is 39.4 Å². The number of piperazine rings is 1. The molecular formula is C16H24N2O3. The van der Waals surface area contributed by atoms with Crippen molar-refractivity contribution < 1.29 is 14.3 Å². The second-order valence-electron chi connectivity index (χ2n) is 5.17. The van der Waals surface area contributed by atoms with Gasteiger partial charge in [-0.25, -0.2) is 0 Å². The summed E-state index contributed by atoms with van der Waals surface area (Å²) in [6, 6.07) is 7.79. The number of ether oxygens (including phenoxy) is 2. The van der Waals surface area contributed by atoms with E-state index in [1.165, 1.54) is 5.56 Å². The fourth-order valence-electron chi connectivity index (χ4n) is 2.40. The van der Waals surface area contributed by atoms with Crippen molar-refractivity contribution in [2.45, 2.75) is 19.9 Å². The Bertz CT molecular complexity index is 447. The SMILES string of the molecule is CCOC(=O)C1CNCCN1CCOc1ccc(C)cc1. The third-order valence-corrected chi connectivity index (χ3v) is 3.58. The van der Waals surface area contributed by atoms with E-state index in [2.05, 4.69) is 17.1 Å². The molecule has 1 heterocycles. The predicted molar refractivity (Wildman–Crippen MR) is 81.5 cm³/mol. The minimum atomic E-state index is -0.208. The molecule has 0 amide bonds. The first kappa shape index (κ1) is 15.8. The van der Waals surface area contributed by atoms with Crippen molar-refractivity contribution in [3.8, 4) is 5.75 Å². The summed E-state index contributed by atoms with van der Waals surface area (Å²) in [5.74, 6) is 0.712. The topological polar surface area (TPSA) is 50.8 Å². The van der Waals surface area contributed by atoms with Crippen LogP contribution in [0.5, 0.6) is 5.75 Å². The number of aryl methyl sites for hydroxylation is 1. The van der Waals surface area contributed by atoms with Crippen LogP contribution in [0.15, 0.2) is 24.3 Å². The van der Waals surface area contributed by atoms with Crippen LogP contribution in [0.1, 0.15) is 12.5 Å². The molecule has 5 heteroatoms. The van der Waals surface area contributed by atoms with Gasteiger partial charge < -0.3 is 14.8 Å². The fraction of sp³-hybridized carbons (Fsp3) is 0.562. The highest BCUT2D eigenvalue weighted by molar-refractivity contribution is 5.76. The van der Waals surface area contributed by atoms with Gasteiger partial charge in [-0.05, 0) is 26.0 Å². The Morgan fingerprint density at radius 1 is 1.38 bits per heavy atom. The van der Waals surface area contributed by atoms with E-state index in [9.17, 15) is 4.79 Å². The van der Waals surface area contributed by atoms with E-state index in [1.54, 1.807) is 0 Å². The smallest absolute Gasteiger partial charge is 0.324 e. The van der Waals surface area contributed by atoms with Gasteiger partial charge in [0.05, 0.1) is 6.61 Å². The molecule has 0 aliphatic carbocycles. The number of nitrogens with zero attached hydrogens (tertiary/aromatic N) is 1. The number of esters is 1. The molecule has 1 saturated heterocycles. The number of rotatable bonds is 6. The molecule has 1 atom stereocenters. The summed E-state index contributed by atoms with van der Waals surface area (Å²) < 4.78 is 10.9. The zero-order chi connectivity index (χ0) is 15.1. The Hall–Kier alpha value is -1.59. The minimum Gasteiger partial charge on any atom is -0.492 e. The number of carbonyl (C=O) groups is 1. The first-order valence-electron chi connectivity index (χ1n) is 7.51. The molecule has 0 saturated carbocycles. The van der Waals surface area contributed by atoms with Crippen LogP contribution in [0.4, 0.5) is 0 Å². The van der Waals surface area contributed by atoms with Crippen LogP contribution < -0.4 is 10.1 Å². The van der Waals surface area contributed by atoms with Gasteiger partial charge in [-0.1, -0.05) is 17.7 Å². The van der Waals surface area contributed by atoms with Crippen molar-refractivity contribution in [2.24, 2.45) is 0 Å². The van der Waals surface area contributed by atoms with Crippen LogP contribution in [0.3, 0.4) is 0 Å². The Balaban J connectivity index is 1.82. The van der Waals surface area contributed by atoms with Crippen LogP contribution in [0.25, 0.3) is 0 Å². The molecule has 0 radical (unpaired) electrons. The fourth-order valence-corrected chi connectivity index (χ4v) is 2.40. The summed E-state index contributed by atoms with van der Waals surface area (Å²) in [5.41, 5.74) is 1.21. The molecule has 5 nitrogen and oxygen atoms in total. The summed E-state index contributed by atoms with van der Waals surface area (Å²) in [4.78, 5) is 14.1. The van der Waals surface area contributed by atoms with Gasteiger partial charge in [-0.2, -0.15) is 0 Å². The maximum atomic E-state index is 11.9. The second kappa shape index (κ2) is 8.00. The van der Waals surface area contributed by atoms with E-state index in [4.69, 9.17) is 9.47 Å². The van der Waals surface area contributed by atoms with Crippen LogP contribution in [-0.2, 0) is 9.53 Å². The maximum Gasteiger partial charge on any atom is 0.324 e. The Labute approximate surface area is 126 Å². The van der Waals surface area contributed by atoms with Gasteiger partial charge in [-0.15, -0.1) is 0 Å². The molecule has 1 aromatic rings. The number of carbonyl (C=O) groups excluding carboxylic acids is 1. The third-order valence-electron chi connectivity index (χ3n) is 3.58. The number of hydrogen-bond acceptors (Lipinski definition) is 5. The second-order valence-corrected chi connectivity index (χ2v) is 5.17. The minimum absolute atomic E-state index is 0.153. The van der Waals surface area contributed by atoms with Gasteiger partial charge in [0.25, 0.3) is 0 Å². The highest BCUT2D eigenvalue weighted by atomic mass is 16.5. The predicted octanol–water partition coefficient (Wildman–Crippen LogP) is 1.21. The summed E-state index contributed by atoms with van der Waals surface area (Å²) in [7, 11) is 0. The highest BCUT2D eigenvalue weighted by Gasteiger charge is 2.29. The zero-order valence-corrected chi connectivity index (χ0v) is 12.8. The van der Waals surface area contributed by atoms with Crippen molar-refractivity contribution in [1.29, 1.82) is 0 Å². The lowest BCUT2D eigenvalue weighted by molar-refractivity contribution is -0.150. The van der Waals surface area contributed by atoms with Gasteiger partial charge in [0.1, 0.15) is 18.4 Å². The van der Waals surface area contributed by atoms with Crippen molar-refractivity contribution >= 4 is 5.97 Å². The van der Waals surface area contributed by atoms with Crippen LogP contribution in [-0.4, -0.2) is 56.3 Å². The average Bonchev–Trinajstić information content (AvgIpc) is 2.50. The maximum absolute atomic E-state index is 11.9. The number of nitrogens with one attached hydrogen (secondary N) is 1. The van der Waals surface area contributed by atoms with Crippen LogP contribution >= 0.6 is 0 Å². The lowest BCUT2D eigenvalue weighted by atomic mass is 10.2. The van der Waals surface area contributed by atoms with E-state index >= 15 is 0 Å². The molecule has 1 unspecified atom stereocenters. The van der Waals surface area contributed by atoms with Crippen LogP contribution in [0, 0.1) is 6.92 Å². The summed E-state index contributed by atoms with van der Waals surface area (Å²) in [6.45, 7) is 7.96. The first-order valence-corrected chi connectivity index (χ1v) is 7.51. The average molecular weight is 292 g/mol. The molecule has 116 valence electrons. The molecule has 2 rings (SSSR count). The summed E-state index contributed by atoms with van der Waals surface area (Å²) >= 11 is 0. The molecule has 1 fully saturated rings. The molecular weight excluding hydrogens is 268 g/mol. The molecule has 1 aliphatic rings. The zero-order valence-electron chi connectivity index (χ0n) is 12.8. The highest BCUT2D eigenvalue weighted by Crippen LogP contribution is 2.12. The van der Waals surface area contributed by atoms with E-state index in [-0.39, 0.29) is 12.0 Å². The lowest BCUT2D eigenvalue weighted by Gasteiger charge is -2.34. The lowest BCUT2D eigenvalue weighted by Crippen LogP contribution is -2.56. The van der Waals surface area contributed by atoms with E-state index in [0.29, 0.717) is 19.8 Å². The van der Waals surface area contributed by atoms with Crippen LogP contribution in [0.2, 0.25) is 0 Å². The summed E-state index contributed by atoms with van der Waals surface area (Å²) in [6.07, 6.45) is 0. The monoisotopic (exact) mass is 292 g/mol. The first-order chi connectivity index (χ1) is 10.2. The van der Waals surface area contributed by atoms with Crippen molar-refractivity contribution in [1.82, 2.24) is 10.2 Å². The van der Waals surface area contributed by atoms with E-state index in [1.807, 2.05) is 31.2 Å². The Morgan fingerprint density at radius 2 is 2.14 bits per heavy atom. The van der Waals surface area contributed by atoms with E-state index < -0.39 is 0 Å². The van der Waals surface area contributed by atoms with Gasteiger partial charge >= 0.3 is 5.97 Å². The molecule has 21 heavy (non-hydrogen) atoms. The Morgan fingerprint density at radius 3 is 2.86 bits per heavy atom. The molecule has 0 bridgehead atoms. The van der Waals surface area contributed by atoms with Crippen molar-refractivity contribution in [3.63, 3.8) is 0 Å². The standard InChI is InChI=1S/C16H24N2O3/c1-3-20-16(19)15-12-17-8-9-18(15)10-11-21-14-6-4-13(2)5-7-14/h4-7,15,17H,3,8-12H2,1-2H3. The largest absolute Gasteiger partial charge is 0.492 e. The van der Waals surface area contributed by atoms with Gasteiger partial charge in [0.2, 0.25) is 0 Å². The molecule has 1 N–H and O–H groups in total. The third kappa shape index (κ3) is 4.72. The Kier molecular flexibility index (Phi) is 6.02. The van der Waals surface area contributed by atoms with Gasteiger partial charge in [0, 0.05) is 26.2 Å². The quantitative estimate of drug-likeness (QED) is 0.799. The molecule has 1 aromatic carbocycles. The number of benzene rings is 1. The molecule has 0 spiro atoms. The van der Waals surface area contributed by atoms with Gasteiger partial charge in [0.15, 0.2) is 0 Å². The number of hydrogen-bond donors (Lipinski definition) is 1. The normalized spacial score (nSPS) is 19.2. The molecule has 0 aromatic heterocycles. The van der Waals surface area contributed by atoms with E-state index in [0.717, 1.165) is 25.4 Å². The molecule has 1 aliphatic heterocycles. The summed E-state index contributed by atoms with van der Waals surface area (Å²) in [5, 5.41) is 3.24. The van der Waals surface area contributed by atoms with Crippen molar-refractivity contribution in [3.05, 3.63) is 29.8 Å².